The van der Waals surface area contributed by atoms with Gasteiger partial charge >= 0.3 is 0 Å². The van der Waals surface area contributed by atoms with E-state index < -0.39 is 4.92 Å². The standard InChI is InChI=1S/C16H16N2O4/c1-10-6-11(2)16(14(7-10)18(20)21)17-9-12-8-13(22-3)4-5-15(12)19/h4-9,19H,1-3H3. The molecule has 0 heterocycles. The number of phenolic OH excluding ortho intramolecular Hbond substituents is 1. The molecule has 0 aliphatic carbocycles. The Kier molecular flexibility index (Phi) is 4.41. The zero-order chi connectivity index (χ0) is 16.3. The molecule has 114 valence electrons. The normalized spacial score (nSPS) is 10.9. The van der Waals surface area contributed by atoms with Crippen LogP contribution in [0.1, 0.15) is 16.7 Å². The van der Waals surface area contributed by atoms with Crippen LogP contribution in [0.15, 0.2) is 35.3 Å². The fourth-order valence-electron chi connectivity index (χ4n) is 2.14. The van der Waals surface area contributed by atoms with Gasteiger partial charge in [0.1, 0.15) is 17.2 Å². The molecule has 1 N–H and O–H groups in total. The van der Waals surface area contributed by atoms with E-state index in [4.69, 9.17) is 4.74 Å². The Labute approximate surface area is 127 Å². The van der Waals surface area contributed by atoms with E-state index in [1.165, 1.54) is 25.5 Å². The molecule has 0 aromatic heterocycles. The third-order valence-electron chi connectivity index (χ3n) is 3.19. The van der Waals surface area contributed by atoms with Crippen LogP contribution in [-0.4, -0.2) is 23.4 Å². The van der Waals surface area contributed by atoms with Crippen molar-refractivity contribution in [3.63, 3.8) is 0 Å². The summed E-state index contributed by atoms with van der Waals surface area (Å²) < 4.78 is 5.08. The number of aromatic hydroxyl groups is 1. The number of rotatable bonds is 4. The van der Waals surface area contributed by atoms with Crippen LogP contribution in [0.2, 0.25) is 0 Å². The fourth-order valence-corrected chi connectivity index (χ4v) is 2.14. The summed E-state index contributed by atoms with van der Waals surface area (Å²) in [4.78, 5) is 14.9. The molecule has 2 aromatic rings. The van der Waals surface area contributed by atoms with Crippen molar-refractivity contribution in [2.75, 3.05) is 7.11 Å². The first-order chi connectivity index (χ1) is 10.4. The Morgan fingerprint density at radius 3 is 2.64 bits per heavy atom. The smallest absolute Gasteiger partial charge is 0.295 e. The van der Waals surface area contributed by atoms with Gasteiger partial charge in [-0.1, -0.05) is 6.07 Å². The van der Waals surface area contributed by atoms with Crippen LogP contribution in [0.25, 0.3) is 0 Å². The number of methoxy groups -OCH3 is 1. The molecule has 2 aromatic carbocycles. The Morgan fingerprint density at radius 2 is 2.00 bits per heavy atom. The summed E-state index contributed by atoms with van der Waals surface area (Å²) in [5, 5.41) is 21.0. The number of nitro benzene ring substituents is 1. The lowest BCUT2D eigenvalue weighted by atomic mass is 10.1. The van der Waals surface area contributed by atoms with Crippen LogP contribution in [0, 0.1) is 24.0 Å². The summed E-state index contributed by atoms with van der Waals surface area (Å²) in [6.07, 6.45) is 1.39. The lowest BCUT2D eigenvalue weighted by molar-refractivity contribution is -0.384. The van der Waals surface area contributed by atoms with Crippen molar-refractivity contribution in [3.8, 4) is 11.5 Å². The molecule has 0 saturated heterocycles. The van der Waals surface area contributed by atoms with Crippen molar-refractivity contribution in [3.05, 3.63) is 57.1 Å². The summed E-state index contributed by atoms with van der Waals surface area (Å²) in [6, 6.07) is 8.01. The Hall–Kier alpha value is -2.89. The molecule has 22 heavy (non-hydrogen) atoms. The molecule has 6 heteroatoms. The largest absolute Gasteiger partial charge is 0.507 e. The molecule has 0 saturated carbocycles. The maximum absolute atomic E-state index is 11.2. The van der Waals surface area contributed by atoms with Gasteiger partial charge in [-0.3, -0.25) is 10.1 Å². The van der Waals surface area contributed by atoms with Crippen LogP contribution < -0.4 is 4.74 Å². The molecular weight excluding hydrogens is 284 g/mol. The predicted molar refractivity (Wildman–Crippen MR) is 84.5 cm³/mol. The van der Waals surface area contributed by atoms with E-state index >= 15 is 0 Å². The van der Waals surface area contributed by atoms with Crippen molar-refractivity contribution >= 4 is 17.6 Å². The Morgan fingerprint density at radius 1 is 1.27 bits per heavy atom. The zero-order valence-corrected chi connectivity index (χ0v) is 12.5. The van der Waals surface area contributed by atoms with Crippen LogP contribution in [0.3, 0.4) is 0 Å². The van der Waals surface area contributed by atoms with Crippen LogP contribution in [-0.2, 0) is 0 Å². The first kappa shape index (κ1) is 15.5. The maximum atomic E-state index is 11.2. The molecule has 0 unspecified atom stereocenters. The topological polar surface area (TPSA) is 85.0 Å². The first-order valence-corrected chi connectivity index (χ1v) is 6.59. The van der Waals surface area contributed by atoms with Crippen molar-refractivity contribution in [2.24, 2.45) is 4.99 Å². The highest BCUT2D eigenvalue weighted by Crippen LogP contribution is 2.32. The van der Waals surface area contributed by atoms with E-state index in [0.29, 0.717) is 16.9 Å². The molecule has 0 aliphatic rings. The van der Waals surface area contributed by atoms with E-state index in [-0.39, 0.29) is 17.1 Å². The molecule has 0 amide bonds. The summed E-state index contributed by atoms with van der Waals surface area (Å²) in [5.41, 5.74) is 2.14. The molecule has 0 radical (unpaired) electrons. The third kappa shape index (κ3) is 3.22. The summed E-state index contributed by atoms with van der Waals surface area (Å²) in [6.45, 7) is 3.56. The molecule has 0 aliphatic heterocycles. The monoisotopic (exact) mass is 300 g/mol. The molecule has 0 spiro atoms. The lowest BCUT2D eigenvalue weighted by Crippen LogP contribution is -1.93. The highest BCUT2D eigenvalue weighted by molar-refractivity contribution is 5.87. The SMILES string of the molecule is COc1ccc(O)c(C=Nc2c(C)cc(C)cc2[N+](=O)[O-])c1. The average molecular weight is 300 g/mol. The second-order valence-electron chi connectivity index (χ2n) is 4.89. The Bertz CT molecular complexity index is 754. The summed E-state index contributed by atoms with van der Waals surface area (Å²) in [5.74, 6) is 0.589. The number of hydrogen-bond donors (Lipinski definition) is 1. The van der Waals surface area contributed by atoms with Crippen LogP contribution >= 0.6 is 0 Å². The van der Waals surface area contributed by atoms with E-state index in [0.717, 1.165) is 5.56 Å². The number of phenols is 1. The van der Waals surface area contributed by atoms with Crippen molar-refractivity contribution in [2.45, 2.75) is 13.8 Å². The number of benzene rings is 2. The average Bonchev–Trinajstić information content (AvgIpc) is 2.47. The second kappa shape index (κ2) is 6.26. The van der Waals surface area contributed by atoms with Crippen molar-refractivity contribution < 1.29 is 14.8 Å². The van der Waals surface area contributed by atoms with E-state index in [2.05, 4.69) is 4.99 Å². The minimum atomic E-state index is -0.460. The summed E-state index contributed by atoms with van der Waals surface area (Å²) >= 11 is 0. The maximum Gasteiger partial charge on any atom is 0.295 e. The van der Waals surface area contributed by atoms with Gasteiger partial charge in [0.05, 0.1) is 12.0 Å². The van der Waals surface area contributed by atoms with Crippen LogP contribution in [0.4, 0.5) is 11.4 Å². The number of aryl methyl sites for hydroxylation is 2. The third-order valence-corrected chi connectivity index (χ3v) is 3.19. The van der Waals surface area contributed by atoms with Gasteiger partial charge in [0.25, 0.3) is 5.69 Å². The van der Waals surface area contributed by atoms with Crippen molar-refractivity contribution in [1.29, 1.82) is 0 Å². The van der Waals surface area contributed by atoms with Crippen molar-refractivity contribution in [1.82, 2.24) is 0 Å². The number of nitro groups is 1. The highest BCUT2D eigenvalue weighted by atomic mass is 16.6. The quantitative estimate of drug-likeness (QED) is 0.530. The molecule has 0 fully saturated rings. The molecule has 2 rings (SSSR count). The molecule has 0 bridgehead atoms. The molecular formula is C16H16N2O4. The van der Waals surface area contributed by atoms with Gasteiger partial charge in [-0.2, -0.15) is 0 Å². The summed E-state index contributed by atoms with van der Waals surface area (Å²) in [7, 11) is 1.52. The van der Waals surface area contributed by atoms with E-state index in [9.17, 15) is 15.2 Å². The lowest BCUT2D eigenvalue weighted by Gasteiger charge is -2.05. The van der Waals surface area contributed by atoms with Gasteiger partial charge in [-0.05, 0) is 43.2 Å². The highest BCUT2D eigenvalue weighted by Gasteiger charge is 2.16. The van der Waals surface area contributed by atoms with Gasteiger partial charge in [-0.15, -0.1) is 0 Å². The number of ether oxygens (including phenoxy) is 1. The zero-order valence-electron chi connectivity index (χ0n) is 12.5. The van der Waals surface area contributed by atoms with Gasteiger partial charge in [0, 0.05) is 17.8 Å². The molecule has 6 nitrogen and oxygen atoms in total. The fraction of sp³-hybridized carbons (Fsp3) is 0.188. The Balaban J connectivity index is 2.49. The van der Waals surface area contributed by atoms with E-state index in [1.807, 2.05) is 6.07 Å². The van der Waals surface area contributed by atoms with Crippen LogP contribution in [0.5, 0.6) is 11.5 Å². The minimum absolute atomic E-state index is 0.0250. The number of hydrogen-bond acceptors (Lipinski definition) is 5. The van der Waals surface area contributed by atoms with Gasteiger partial charge in [-0.25, -0.2) is 4.99 Å². The molecule has 0 atom stereocenters. The number of nitrogens with zero attached hydrogens (tertiary/aromatic N) is 2. The van der Waals surface area contributed by atoms with E-state index in [1.54, 1.807) is 26.0 Å². The number of aliphatic imine (C=N–C) groups is 1. The first-order valence-electron chi connectivity index (χ1n) is 6.59. The van der Waals surface area contributed by atoms with Gasteiger partial charge in [0.2, 0.25) is 0 Å². The van der Waals surface area contributed by atoms with Gasteiger partial charge in [0.15, 0.2) is 0 Å². The minimum Gasteiger partial charge on any atom is -0.507 e. The predicted octanol–water partition coefficient (Wildman–Crippen LogP) is 3.68. The second-order valence-corrected chi connectivity index (χ2v) is 4.89. The van der Waals surface area contributed by atoms with Gasteiger partial charge < -0.3 is 9.84 Å².